The number of carboxylic acids is 1. The summed E-state index contributed by atoms with van der Waals surface area (Å²) in [6.07, 6.45) is -1.11. The third-order valence-electron chi connectivity index (χ3n) is 3.34. The first-order chi connectivity index (χ1) is 8.38. The molecule has 3 nitrogen and oxygen atoms in total. The van der Waals surface area contributed by atoms with Gasteiger partial charge in [0.25, 0.3) is 0 Å². The predicted molar refractivity (Wildman–Crippen MR) is 61.3 cm³/mol. The Morgan fingerprint density at radius 2 is 2.00 bits per heavy atom. The summed E-state index contributed by atoms with van der Waals surface area (Å²) in [5.41, 5.74) is 0. The van der Waals surface area contributed by atoms with Crippen LogP contribution in [0.3, 0.4) is 0 Å². The Balaban J connectivity index is 2.10. The third kappa shape index (κ3) is 6.23. The minimum absolute atomic E-state index is 0.131. The number of carboxylic acid groups (broad SMARTS) is 1. The van der Waals surface area contributed by atoms with E-state index in [2.05, 4.69) is 5.32 Å². The van der Waals surface area contributed by atoms with Gasteiger partial charge in [-0.05, 0) is 38.6 Å². The van der Waals surface area contributed by atoms with E-state index in [4.69, 9.17) is 5.11 Å². The van der Waals surface area contributed by atoms with Gasteiger partial charge in [-0.15, -0.1) is 0 Å². The Hall–Kier alpha value is -0.780. The van der Waals surface area contributed by atoms with Gasteiger partial charge in [0.15, 0.2) is 0 Å². The van der Waals surface area contributed by atoms with Crippen molar-refractivity contribution in [3.05, 3.63) is 0 Å². The number of nitrogens with one attached hydrogen (secondary N) is 1. The molecule has 0 radical (unpaired) electrons. The second-order valence-electron chi connectivity index (χ2n) is 4.93. The molecule has 0 amide bonds. The van der Waals surface area contributed by atoms with Crippen LogP contribution in [0.25, 0.3) is 0 Å². The van der Waals surface area contributed by atoms with Gasteiger partial charge in [-0.1, -0.05) is 6.42 Å². The summed E-state index contributed by atoms with van der Waals surface area (Å²) in [6, 6.07) is 0.144. The van der Waals surface area contributed by atoms with E-state index < -0.39 is 18.6 Å². The summed E-state index contributed by atoms with van der Waals surface area (Å²) in [5, 5.41) is 12.1. The molecule has 106 valence electrons. The first-order valence-corrected chi connectivity index (χ1v) is 6.41. The second kappa shape index (κ2) is 6.97. The molecule has 1 aliphatic carbocycles. The lowest BCUT2D eigenvalue weighted by Crippen LogP contribution is -2.36. The normalized spacial score (nSPS) is 25.1. The number of rotatable bonds is 6. The molecule has 2 unspecified atom stereocenters. The Labute approximate surface area is 105 Å². The zero-order valence-electron chi connectivity index (χ0n) is 10.3. The Bertz CT molecular complexity index is 269. The molecule has 1 aliphatic rings. The highest BCUT2D eigenvalue weighted by Crippen LogP contribution is 2.25. The summed E-state index contributed by atoms with van der Waals surface area (Å²) < 4.78 is 35.7. The van der Waals surface area contributed by atoms with Gasteiger partial charge in [-0.3, -0.25) is 4.79 Å². The molecule has 2 N–H and O–H groups in total. The molecular formula is C12H20F3NO2. The van der Waals surface area contributed by atoms with Crippen LogP contribution in [0.4, 0.5) is 13.2 Å². The molecule has 6 heteroatoms. The maximum atomic E-state index is 11.9. The molecule has 0 bridgehead atoms. The topological polar surface area (TPSA) is 49.3 Å². The second-order valence-corrected chi connectivity index (χ2v) is 4.93. The predicted octanol–water partition coefficient (Wildman–Crippen LogP) is 2.95. The zero-order chi connectivity index (χ0) is 13.6. The highest BCUT2D eigenvalue weighted by atomic mass is 19.4. The third-order valence-corrected chi connectivity index (χ3v) is 3.34. The van der Waals surface area contributed by atoms with Crippen LogP contribution in [0.5, 0.6) is 0 Å². The summed E-state index contributed by atoms with van der Waals surface area (Å²) in [7, 11) is 0. The Morgan fingerprint density at radius 3 is 2.61 bits per heavy atom. The van der Waals surface area contributed by atoms with Crippen molar-refractivity contribution in [3.8, 4) is 0 Å². The van der Waals surface area contributed by atoms with Crippen LogP contribution in [-0.2, 0) is 4.79 Å². The van der Waals surface area contributed by atoms with Crippen LogP contribution in [0.1, 0.15) is 44.9 Å². The number of carbonyl (C=O) groups is 1. The standard InChI is InChI=1S/C12H20F3NO2/c13-12(14,15)6-1-2-7-16-10-5-3-4-9(8-10)11(17)18/h9-10,16H,1-8H2,(H,17,18). The lowest BCUT2D eigenvalue weighted by molar-refractivity contribution is -0.143. The lowest BCUT2D eigenvalue weighted by atomic mass is 9.86. The van der Waals surface area contributed by atoms with Crippen LogP contribution < -0.4 is 5.32 Å². The van der Waals surface area contributed by atoms with E-state index in [1.807, 2.05) is 0 Å². The number of halogens is 3. The van der Waals surface area contributed by atoms with E-state index in [0.29, 0.717) is 25.8 Å². The van der Waals surface area contributed by atoms with E-state index in [0.717, 1.165) is 12.8 Å². The fourth-order valence-corrected chi connectivity index (χ4v) is 2.36. The average Bonchev–Trinajstić information content (AvgIpc) is 2.27. The highest BCUT2D eigenvalue weighted by molar-refractivity contribution is 5.70. The quantitative estimate of drug-likeness (QED) is 0.727. The van der Waals surface area contributed by atoms with Gasteiger partial charge < -0.3 is 10.4 Å². The largest absolute Gasteiger partial charge is 0.481 e. The van der Waals surface area contributed by atoms with Gasteiger partial charge in [-0.25, -0.2) is 0 Å². The van der Waals surface area contributed by atoms with Gasteiger partial charge in [-0.2, -0.15) is 13.2 Å². The van der Waals surface area contributed by atoms with Crippen molar-refractivity contribution in [2.24, 2.45) is 5.92 Å². The van der Waals surface area contributed by atoms with Crippen molar-refractivity contribution in [1.82, 2.24) is 5.32 Å². The van der Waals surface area contributed by atoms with Crippen molar-refractivity contribution >= 4 is 5.97 Å². The number of aliphatic carboxylic acids is 1. The molecule has 0 heterocycles. The fraction of sp³-hybridized carbons (Fsp3) is 0.917. The molecule has 1 rings (SSSR count). The van der Waals surface area contributed by atoms with E-state index in [1.54, 1.807) is 0 Å². The maximum Gasteiger partial charge on any atom is 0.389 e. The molecular weight excluding hydrogens is 247 g/mol. The van der Waals surface area contributed by atoms with Crippen LogP contribution in [0, 0.1) is 5.92 Å². The first kappa shape index (κ1) is 15.3. The number of hydrogen-bond acceptors (Lipinski definition) is 2. The van der Waals surface area contributed by atoms with Gasteiger partial charge in [0, 0.05) is 12.5 Å². The number of alkyl halides is 3. The molecule has 0 saturated heterocycles. The highest BCUT2D eigenvalue weighted by Gasteiger charge is 2.27. The average molecular weight is 267 g/mol. The van der Waals surface area contributed by atoms with E-state index >= 15 is 0 Å². The Morgan fingerprint density at radius 1 is 1.28 bits per heavy atom. The van der Waals surface area contributed by atoms with Crippen LogP contribution in [0.2, 0.25) is 0 Å². The summed E-state index contributed by atoms with van der Waals surface area (Å²) in [5.74, 6) is -1.06. The van der Waals surface area contributed by atoms with Crippen LogP contribution in [-0.4, -0.2) is 29.8 Å². The van der Waals surface area contributed by atoms with Crippen molar-refractivity contribution < 1.29 is 23.1 Å². The van der Waals surface area contributed by atoms with Crippen LogP contribution in [0.15, 0.2) is 0 Å². The van der Waals surface area contributed by atoms with Gasteiger partial charge in [0.2, 0.25) is 0 Å². The maximum absolute atomic E-state index is 11.9. The van der Waals surface area contributed by atoms with Crippen molar-refractivity contribution in [3.63, 3.8) is 0 Å². The van der Waals surface area contributed by atoms with Gasteiger partial charge in [0.1, 0.15) is 0 Å². The van der Waals surface area contributed by atoms with E-state index in [1.165, 1.54) is 0 Å². The summed E-state index contributed by atoms with van der Waals surface area (Å²) in [6.45, 7) is 0.535. The summed E-state index contributed by atoms with van der Waals surface area (Å²) >= 11 is 0. The summed E-state index contributed by atoms with van der Waals surface area (Å²) in [4.78, 5) is 10.8. The van der Waals surface area contributed by atoms with E-state index in [-0.39, 0.29) is 18.4 Å². The molecule has 18 heavy (non-hydrogen) atoms. The molecule has 0 aromatic carbocycles. The number of hydrogen-bond donors (Lipinski definition) is 2. The molecule has 2 atom stereocenters. The molecule has 0 aromatic rings. The van der Waals surface area contributed by atoms with Crippen molar-refractivity contribution in [2.75, 3.05) is 6.54 Å². The van der Waals surface area contributed by atoms with Crippen molar-refractivity contribution in [1.29, 1.82) is 0 Å². The minimum atomic E-state index is -4.07. The van der Waals surface area contributed by atoms with Gasteiger partial charge in [0.05, 0.1) is 5.92 Å². The minimum Gasteiger partial charge on any atom is -0.481 e. The van der Waals surface area contributed by atoms with E-state index in [9.17, 15) is 18.0 Å². The molecule has 0 spiro atoms. The Kier molecular flexibility index (Phi) is 5.91. The van der Waals surface area contributed by atoms with Gasteiger partial charge >= 0.3 is 12.1 Å². The molecule has 0 aromatic heterocycles. The van der Waals surface area contributed by atoms with Crippen LogP contribution >= 0.6 is 0 Å². The monoisotopic (exact) mass is 267 g/mol. The van der Waals surface area contributed by atoms with Crippen molar-refractivity contribution in [2.45, 2.75) is 57.2 Å². The fourth-order valence-electron chi connectivity index (χ4n) is 2.36. The molecule has 1 fully saturated rings. The molecule has 0 aliphatic heterocycles. The zero-order valence-corrected chi connectivity index (χ0v) is 10.3. The molecule has 1 saturated carbocycles. The lowest BCUT2D eigenvalue weighted by Gasteiger charge is -2.27. The SMILES string of the molecule is O=C(O)C1CCCC(NCCCCC(F)(F)F)C1. The number of unbranched alkanes of at least 4 members (excludes halogenated alkanes) is 1. The first-order valence-electron chi connectivity index (χ1n) is 6.41. The smallest absolute Gasteiger partial charge is 0.389 e.